The Hall–Kier alpha value is -1.95. The van der Waals surface area contributed by atoms with Crippen molar-refractivity contribution >= 4 is 29.0 Å². The van der Waals surface area contributed by atoms with Gasteiger partial charge in [0.15, 0.2) is 0 Å². The highest BCUT2D eigenvalue weighted by atomic mass is 32.1. The molecule has 1 aromatic rings. The van der Waals surface area contributed by atoms with E-state index in [-0.39, 0.29) is 18.2 Å². The van der Waals surface area contributed by atoms with Crippen LogP contribution >= 0.6 is 12.2 Å². The molecule has 0 radical (unpaired) electrons. The summed E-state index contributed by atoms with van der Waals surface area (Å²) in [5.41, 5.74) is 7.12. The first-order chi connectivity index (χ1) is 9.93. The van der Waals surface area contributed by atoms with Crippen LogP contribution in [0.15, 0.2) is 24.3 Å². The molecule has 4 N–H and O–H groups in total. The Bertz CT molecular complexity index is 514. The summed E-state index contributed by atoms with van der Waals surface area (Å²) in [6.07, 6.45) is 1.07. The van der Waals surface area contributed by atoms with Gasteiger partial charge in [0.2, 0.25) is 11.8 Å². The van der Waals surface area contributed by atoms with Gasteiger partial charge in [-0.1, -0.05) is 43.4 Å². The van der Waals surface area contributed by atoms with Gasteiger partial charge in [-0.15, -0.1) is 0 Å². The summed E-state index contributed by atoms with van der Waals surface area (Å²) in [7, 11) is 0. The molecule has 0 fully saturated rings. The van der Waals surface area contributed by atoms with Crippen LogP contribution in [0.2, 0.25) is 0 Å². The minimum Gasteiger partial charge on any atom is -0.389 e. The van der Waals surface area contributed by atoms with Gasteiger partial charge in [0.1, 0.15) is 11.0 Å². The number of carbonyl (C=O) groups is 2. The van der Waals surface area contributed by atoms with Gasteiger partial charge in [-0.25, -0.2) is 0 Å². The van der Waals surface area contributed by atoms with Crippen LogP contribution in [0.4, 0.5) is 0 Å². The van der Waals surface area contributed by atoms with Crippen LogP contribution in [-0.2, 0) is 16.0 Å². The van der Waals surface area contributed by atoms with Crippen LogP contribution in [0.5, 0.6) is 0 Å². The fraction of sp³-hybridized carbons (Fsp3) is 0.400. The molecule has 1 rings (SSSR count). The number of benzene rings is 1. The number of hydrogen-bond donors (Lipinski definition) is 3. The highest BCUT2D eigenvalue weighted by molar-refractivity contribution is 7.80. The van der Waals surface area contributed by atoms with Crippen LogP contribution in [0.25, 0.3) is 0 Å². The Balaban J connectivity index is 2.49. The molecule has 2 amide bonds. The standard InChI is InChI=1S/C15H21N3O2S/c1-3-8-17-15(20)10(2)18-13(19)9-11-4-6-12(7-5-11)14(16)21/h4-7,10H,3,8-9H2,1-2H3,(H2,16,21)(H,17,20)(H,18,19). The number of nitrogens with one attached hydrogen (secondary N) is 2. The van der Waals surface area contributed by atoms with Crippen molar-refractivity contribution in [2.24, 2.45) is 5.73 Å². The normalized spacial score (nSPS) is 11.5. The van der Waals surface area contributed by atoms with Crippen LogP contribution < -0.4 is 16.4 Å². The van der Waals surface area contributed by atoms with E-state index in [9.17, 15) is 9.59 Å². The Morgan fingerprint density at radius 3 is 2.43 bits per heavy atom. The van der Waals surface area contributed by atoms with Gasteiger partial charge in [-0.05, 0) is 18.9 Å². The monoisotopic (exact) mass is 307 g/mol. The van der Waals surface area contributed by atoms with Gasteiger partial charge < -0.3 is 16.4 Å². The molecule has 1 atom stereocenters. The number of carbonyl (C=O) groups excluding carboxylic acids is 2. The summed E-state index contributed by atoms with van der Waals surface area (Å²) < 4.78 is 0. The van der Waals surface area contributed by atoms with E-state index in [1.54, 1.807) is 31.2 Å². The predicted octanol–water partition coefficient (Wildman–Crippen LogP) is 0.894. The molecule has 0 aliphatic rings. The smallest absolute Gasteiger partial charge is 0.242 e. The summed E-state index contributed by atoms with van der Waals surface area (Å²) in [6.45, 7) is 4.25. The quantitative estimate of drug-likeness (QED) is 0.653. The van der Waals surface area contributed by atoms with Crippen molar-refractivity contribution in [3.63, 3.8) is 0 Å². The summed E-state index contributed by atoms with van der Waals surface area (Å²) in [6, 6.07) is 6.62. The molecule has 114 valence electrons. The van der Waals surface area contributed by atoms with Crippen molar-refractivity contribution in [2.75, 3.05) is 6.54 Å². The average molecular weight is 307 g/mol. The lowest BCUT2D eigenvalue weighted by molar-refractivity contribution is -0.128. The van der Waals surface area contributed by atoms with E-state index in [0.29, 0.717) is 11.5 Å². The zero-order chi connectivity index (χ0) is 15.8. The zero-order valence-electron chi connectivity index (χ0n) is 12.3. The molecule has 0 aliphatic carbocycles. The van der Waals surface area contributed by atoms with Crippen molar-refractivity contribution in [1.82, 2.24) is 10.6 Å². The molecule has 0 heterocycles. The molecule has 0 bridgehead atoms. The summed E-state index contributed by atoms with van der Waals surface area (Å²) in [4.78, 5) is 23.9. The third-order valence-corrected chi connectivity index (χ3v) is 3.16. The molecule has 0 saturated carbocycles. The van der Waals surface area contributed by atoms with Crippen molar-refractivity contribution in [1.29, 1.82) is 0 Å². The van der Waals surface area contributed by atoms with Crippen molar-refractivity contribution in [3.8, 4) is 0 Å². The molecule has 0 aromatic heterocycles. The number of thiocarbonyl (C=S) groups is 1. The molecular formula is C15H21N3O2S. The fourth-order valence-electron chi connectivity index (χ4n) is 1.73. The number of nitrogens with two attached hydrogens (primary N) is 1. The second-order valence-corrected chi connectivity index (χ2v) is 5.26. The third kappa shape index (κ3) is 5.91. The molecular weight excluding hydrogens is 286 g/mol. The van der Waals surface area contributed by atoms with Crippen LogP contribution in [0.1, 0.15) is 31.4 Å². The van der Waals surface area contributed by atoms with Gasteiger partial charge in [-0.2, -0.15) is 0 Å². The molecule has 6 heteroatoms. The van der Waals surface area contributed by atoms with Crippen LogP contribution in [0.3, 0.4) is 0 Å². The number of rotatable bonds is 7. The number of hydrogen-bond acceptors (Lipinski definition) is 3. The maximum Gasteiger partial charge on any atom is 0.242 e. The minimum absolute atomic E-state index is 0.172. The first-order valence-electron chi connectivity index (χ1n) is 6.89. The van der Waals surface area contributed by atoms with E-state index in [4.69, 9.17) is 18.0 Å². The second kappa shape index (κ2) is 8.36. The van der Waals surface area contributed by atoms with Crippen molar-refractivity contribution < 1.29 is 9.59 Å². The maximum absolute atomic E-state index is 11.9. The average Bonchev–Trinajstić information content (AvgIpc) is 2.45. The Morgan fingerprint density at radius 1 is 1.29 bits per heavy atom. The second-order valence-electron chi connectivity index (χ2n) is 4.82. The molecule has 5 nitrogen and oxygen atoms in total. The van der Waals surface area contributed by atoms with Gasteiger partial charge >= 0.3 is 0 Å². The highest BCUT2D eigenvalue weighted by Gasteiger charge is 2.14. The third-order valence-electron chi connectivity index (χ3n) is 2.92. The largest absolute Gasteiger partial charge is 0.389 e. The summed E-state index contributed by atoms with van der Waals surface area (Å²) in [5, 5.41) is 5.41. The molecule has 0 saturated heterocycles. The van der Waals surface area contributed by atoms with Gasteiger partial charge in [0.05, 0.1) is 6.42 Å². The van der Waals surface area contributed by atoms with Gasteiger partial charge in [-0.3, -0.25) is 9.59 Å². The van der Waals surface area contributed by atoms with E-state index in [1.165, 1.54) is 0 Å². The van der Waals surface area contributed by atoms with E-state index < -0.39 is 6.04 Å². The molecule has 1 aromatic carbocycles. The molecule has 21 heavy (non-hydrogen) atoms. The topological polar surface area (TPSA) is 84.2 Å². The van der Waals surface area contributed by atoms with E-state index in [1.807, 2.05) is 6.92 Å². The first-order valence-corrected chi connectivity index (χ1v) is 7.30. The maximum atomic E-state index is 11.9. The van der Waals surface area contributed by atoms with E-state index >= 15 is 0 Å². The lowest BCUT2D eigenvalue weighted by Gasteiger charge is -2.13. The summed E-state index contributed by atoms with van der Waals surface area (Å²) >= 11 is 4.87. The lowest BCUT2D eigenvalue weighted by atomic mass is 10.1. The van der Waals surface area contributed by atoms with Crippen molar-refractivity contribution in [2.45, 2.75) is 32.7 Å². The Kier molecular flexibility index (Phi) is 6.81. The minimum atomic E-state index is -0.542. The van der Waals surface area contributed by atoms with E-state index in [0.717, 1.165) is 17.5 Å². The van der Waals surface area contributed by atoms with Crippen LogP contribution in [-0.4, -0.2) is 29.4 Å². The lowest BCUT2D eigenvalue weighted by Crippen LogP contribution is -2.45. The molecule has 1 unspecified atom stereocenters. The number of amides is 2. The predicted molar refractivity (Wildman–Crippen MR) is 86.9 cm³/mol. The van der Waals surface area contributed by atoms with E-state index in [2.05, 4.69) is 10.6 Å². The van der Waals surface area contributed by atoms with Crippen LogP contribution in [0, 0.1) is 0 Å². The Labute approximate surface area is 130 Å². The Morgan fingerprint density at radius 2 is 1.90 bits per heavy atom. The summed E-state index contributed by atoms with van der Waals surface area (Å²) in [5.74, 6) is -0.369. The highest BCUT2D eigenvalue weighted by Crippen LogP contribution is 2.05. The zero-order valence-corrected chi connectivity index (χ0v) is 13.1. The fourth-order valence-corrected chi connectivity index (χ4v) is 1.87. The van der Waals surface area contributed by atoms with Gasteiger partial charge in [0.25, 0.3) is 0 Å². The first kappa shape index (κ1) is 17.1. The van der Waals surface area contributed by atoms with Gasteiger partial charge in [0, 0.05) is 12.1 Å². The SMILES string of the molecule is CCCNC(=O)C(C)NC(=O)Cc1ccc(C(N)=S)cc1. The molecule has 0 spiro atoms. The van der Waals surface area contributed by atoms with Crippen molar-refractivity contribution in [3.05, 3.63) is 35.4 Å². The molecule has 0 aliphatic heterocycles.